The number of hydrogen-bond acceptors (Lipinski definition) is 6. The zero-order chi connectivity index (χ0) is 20.6. The van der Waals surface area contributed by atoms with Crippen LogP contribution in [0.1, 0.15) is 28.9 Å². The van der Waals surface area contributed by atoms with Gasteiger partial charge in [0.05, 0.1) is 19.8 Å². The molecule has 2 heterocycles. The molecule has 0 N–H and O–H groups in total. The Hall–Kier alpha value is -1.93. The summed E-state index contributed by atoms with van der Waals surface area (Å²) in [6, 6.07) is 7.87. The summed E-state index contributed by atoms with van der Waals surface area (Å²) in [6.45, 7) is 9.07. The summed E-state index contributed by atoms with van der Waals surface area (Å²) in [5, 5.41) is 0.724. The molecule has 1 fully saturated rings. The van der Waals surface area contributed by atoms with E-state index in [-0.39, 0.29) is 5.91 Å². The molecule has 8 heteroatoms. The first kappa shape index (κ1) is 21.8. The molecule has 1 aliphatic heterocycles. The molecule has 1 aliphatic rings. The molecule has 1 saturated heterocycles. The maximum absolute atomic E-state index is 12.3. The van der Waals surface area contributed by atoms with Crippen LogP contribution in [0.2, 0.25) is 5.02 Å². The molecule has 158 valence electrons. The highest BCUT2D eigenvalue weighted by atomic mass is 35.5. The van der Waals surface area contributed by atoms with Crippen molar-refractivity contribution in [3.8, 4) is 0 Å². The summed E-state index contributed by atoms with van der Waals surface area (Å²) >= 11 is 6.16. The van der Waals surface area contributed by atoms with Crippen LogP contribution in [0.15, 0.2) is 34.9 Å². The SMILES string of the molecule is CCN(C)C(=O)c1coc(CN(CCN2CCOCC2)Cc2cccc(Cl)c2)n1. The third kappa shape index (κ3) is 6.54. The molecular weight excluding hydrogens is 392 g/mol. The molecule has 0 spiro atoms. The fraction of sp³-hybridized carbons (Fsp3) is 0.524. The average molecular weight is 421 g/mol. The molecule has 29 heavy (non-hydrogen) atoms. The van der Waals surface area contributed by atoms with Gasteiger partial charge in [-0.15, -0.1) is 0 Å². The smallest absolute Gasteiger partial charge is 0.275 e. The molecule has 0 radical (unpaired) electrons. The van der Waals surface area contributed by atoms with E-state index in [0.717, 1.165) is 56.5 Å². The van der Waals surface area contributed by atoms with Gasteiger partial charge in [-0.25, -0.2) is 4.98 Å². The van der Waals surface area contributed by atoms with E-state index in [2.05, 4.69) is 20.9 Å². The number of nitrogens with zero attached hydrogens (tertiary/aromatic N) is 4. The van der Waals surface area contributed by atoms with Crippen LogP contribution in [0.3, 0.4) is 0 Å². The predicted molar refractivity (Wildman–Crippen MR) is 112 cm³/mol. The Morgan fingerprint density at radius 2 is 2.07 bits per heavy atom. The van der Waals surface area contributed by atoms with E-state index in [4.69, 9.17) is 20.8 Å². The Morgan fingerprint density at radius 1 is 1.28 bits per heavy atom. The number of carbonyl (C=O) groups is 1. The highest BCUT2D eigenvalue weighted by molar-refractivity contribution is 6.30. The first-order valence-corrected chi connectivity index (χ1v) is 10.4. The summed E-state index contributed by atoms with van der Waals surface area (Å²) in [5.41, 5.74) is 1.48. The van der Waals surface area contributed by atoms with Crippen LogP contribution in [-0.4, -0.2) is 78.6 Å². The number of halogens is 1. The normalized spacial score (nSPS) is 15.0. The van der Waals surface area contributed by atoms with E-state index in [1.54, 1.807) is 11.9 Å². The van der Waals surface area contributed by atoms with Gasteiger partial charge in [-0.05, 0) is 24.6 Å². The van der Waals surface area contributed by atoms with Crippen LogP contribution >= 0.6 is 11.6 Å². The van der Waals surface area contributed by atoms with Crippen molar-refractivity contribution in [2.24, 2.45) is 0 Å². The van der Waals surface area contributed by atoms with Gasteiger partial charge in [0.15, 0.2) is 5.69 Å². The fourth-order valence-electron chi connectivity index (χ4n) is 3.23. The Bertz CT molecular complexity index is 792. The van der Waals surface area contributed by atoms with Crippen molar-refractivity contribution in [1.29, 1.82) is 0 Å². The number of morpholine rings is 1. The van der Waals surface area contributed by atoms with Crippen LogP contribution in [0.25, 0.3) is 0 Å². The van der Waals surface area contributed by atoms with E-state index in [0.29, 0.717) is 24.7 Å². The Kier molecular flexibility index (Phi) is 8.06. The third-order valence-corrected chi connectivity index (χ3v) is 5.32. The molecule has 1 aromatic heterocycles. The summed E-state index contributed by atoms with van der Waals surface area (Å²) in [7, 11) is 1.75. The Labute approximate surface area is 177 Å². The van der Waals surface area contributed by atoms with Gasteiger partial charge >= 0.3 is 0 Å². The zero-order valence-corrected chi connectivity index (χ0v) is 17.9. The maximum atomic E-state index is 12.3. The van der Waals surface area contributed by atoms with Crippen molar-refractivity contribution in [2.75, 3.05) is 53.0 Å². The lowest BCUT2D eigenvalue weighted by Gasteiger charge is -2.29. The first-order valence-electron chi connectivity index (χ1n) is 10.0. The molecule has 0 unspecified atom stereocenters. The topological polar surface area (TPSA) is 62.1 Å². The van der Waals surface area contributed by atoms with Crippen LogP contribution in [0.4, 0.5) is 0 Å². The maximum Gasteiger partial charge on any atom is 0.275 e. The second-order valence-corrected chi connectivity index (χ2v) is 7.68. The Morgan fingerprint density at radius 3 is 2.79 bits per heavy atom. The van der Waals surface area contributed by atoms with Gasteiger partial charge in [0.2, 0.25) is 5.89 Å². The summed E-state index contributed by atoms with van der Waals surface area (Å²) in [6.07, 6.45) is 1.45. The number of rotatable bonds is 9. The van der Waals surface area contributed by atoms with Crippen molar-refractivity contribution < 1.29 is 13.9 Å². The molecule has 0 bridgehead atoms. The lowest BCUT2D eigenvalue weighted by molar-refractivity contribution is 0.0320. The largest absolute Gasteiger partial charge is 0.447 e. The Balaban J connectivity index is 1.66. The van der Waals surface area contributed by atoms with E-state index < -0.39 is 0 Å². The number of hydrogen-bond donors (Lipinski definition) is 0. The van der Waals surface area contributed by atoms with E-state index in [1.807, 2.05) is 25.1 Å². The van der Waals surface area contributed by atoms with Gasteiger partial charge in [0.25, 0.3) is 5.91 Å². The molecule has 0 saturated carbocycles. The molecule has 0 atom stereocenters. The molecule has 7 nitrogen and oxygen atoms in total. The number of ether oxygens (including phenoxy) is 1. The van der Waals surface area contributed by atoms with E-state index >= 15 is 0 Å². The quantitative estimate of drug-likeness (QED) is 0.621. The lowest BCUT2D eigenvalue weighted by Crippen LogP contribution is -2.41. The minimum absolute atomic E-state index is 0.128. The molecule has 3 rings (SSSR count). The van der Waals surface area contributed by atoms with Crippen LogP contribution in [0, 0.1) is 0 Å². The van der Waals surface area contributed by atoms with Gasteiger partial charge < -0.3 is 14.1 Å². The van der Waals surface area contributed by atoms with Crippen molar-refractivity contribution >= 4 is 17.5 Å². The highest BCUT2D eigenvalue weighted by Crippen LogP contribution is 2.15. The van der Waals surface area contributed by atoms with Gasteiger partial charge in [-0.2, -0.15) is 0 Å². The standard InChI is InChI=1S/C21H29ClN4O3/c1-3-24(2)21(27)19-16-29-20(23-19)15-26(8-7-25-9-11-28-12-10-25)14-17-5-4-6-18(22)13-17/h4-6,13,16H,3,7-12,14-15H2,1-2H3. The molecule has 0 aliphatic carbocycles. The number of carbonyl (C=O) groups excluding carboxylic acids is 1. The van der Waals surface area contributed by atoms with Crippen LogP contribution in [0.5, 0.6) is 0 Å². The number of benzene rings is 1. The average Bonchev–Trinajstić information content (AvgIpc) is 3.20. The predicted octanol–water partition coefficient (Wildman–Crippen LogP) is 2.75. The molecule has 1 amide bonds. The highest BCUT2D eigenvalue weighted by Gasteiger charge is 2.18. The van der Waals surface area contributed by atoms with Crippen LogP contribution in [-0.2, 0) is 17.8 Å². The van der Waals surface area contributed by atoms with E-state index in [9.17, 15) is 4.79 Å². The second kappa shape index (κ2) is 10.7. The lowest BCUT2D eigenvalue weighted by atomic mass is 10.2. The summed E-state index contributed by atoms with van der Waals surface area (Å²) in [4.78, 5) is 23.0. The fourth-order valence-corrected chi connectivity index (χ4v) is 3.44. The van der Waals surface area contributed by atoms with Crippen LogP contribution < -0.4 is 0 Å². The molecule has 2 aromatic rings. The van der Waals surface area contributed by atoms with Gasteiger partial charge in [0, 0.05) is 51.3 Å². The number of oxazole rings is 1. The van der Waals surface area contributed by atoms with Crippen molar-refractivity contribution in [1.82, 2.24) is 19.7 Å². The second-order valence-electron chi connectivity index (χ2n) is 7.24. The number of amides is 1. The monoisotopic (exact) mass is 420 g/mol. The van der Waals surface area contributed by atoms with Gasteiger partial charge in [-0.3, -0.25) is 14.6 Å². The molecule has 1 aromatic carbocycles. The van der Waals surface area contributed by atoms with Crippen molar-refractivity contribution in [3.63, 3.8) is 0 Å². The first-order chi connectivity index (χ1) is 14.0. The van der Waals surface area contributed by atoms with Gasteiger partial charge in [-0.1, -0.05) is 23.7 Å². The minimum Gasteiger partial charge on any atom is -0.447 e. The van der Waals surface area contributed by atoms with E-state index in [1.165, 1.54) is 6.26 Å². The third-order valence-electron chi connectivity index (χ3n) is 5.08. The number of aromatic nitrogens is 1. The summed E-state index contributed by atoms with van der Waals surface area (Å²) < 4.78 is 11.0. The molecular formula is C21H29ClN4O3. The zero-order valence-electron chi connectivity index (χ0n) is 17.1. The summed E-state index contributed by atoms with van der Waals surface area (Å²) in [5.74, 6) is 0.416. The van der Waals surface area contributed by atoms with Crippen molar-refractivity contribution in [3.05, 3.63) is 52.7 Å². The van der Waals surface area contributed by atoms with Gasteiger partial charge in [0.1, 0.15) is 6.26 Å². The minimum atomic E-state index is -0.128. The van der Waals surface area contributed by atoms with Crippen molar-refractivity contribution in [2.45, 2.75) is 20.0 Å².